The van der Waals surface area contributed by atoms with Gasteiger partial charge in [0.05, 0.1) is 0 Å². The fourth-order valence-electron chi connectivity index (χ4n) is 1.57. The summed E-state index contributed by atoms with van der Waals surface area (Å²) in [5, 5.41) is 0. The number of ether oxygens (including phenoxy) is 2. The molecule has 1 fully saturated rings. The summed E-state index contributed by atoms with van der Waals surface area (Å²) in [6, 6.07) is 7.55. The van der Waals surface area contributed by atoms with Crippen molar-refractivity contribution in [3.8, 4) is 5.75 Å². The molecule has 0 saturated heterocycles. The van der Waals surface area contributed by atoms with Gasteiger partial charge in [-0.25, -0.2) is 0 Å². The van der Waals surface area contributed by atoms with Crippen molar-refractivity contribution < 1.29 is 14.3 Å². The molecule has 0 amide bonds. The van der Waals surface area contributed by atoms with Crippen molar-refractivity contribution in [3.05, 3.63) is 28.7 Å². The highest BCUT2D eigenvalue weighted by Gasteiger charge is 2.41. The summed E-state index contributed by atoms with van der Waals surface area (Å²) < 4.78 is 11.6. The SMILES string of the molecule is COC1C(=O)CC1Oc1cccc(Br)c1. The minimum absolute atomic E-state index is 0.109. The zero-order chi connectivity index (χ0) is 10.8. The number of Topliss-reactive ketones (excluding diaryl/α,β-unsaturated/α-hetero) is 1. The summed E-state index contributed by atoms with van der Waals surface area (Å²) in [5.41, 5.74) is 0. The number of methoxy groups -OCH3 is 1. The Morgan fingerprint density at radius 2 is 2.27 bits per heavy atom. The maximum Gasteiger partial charge on any atom is 0.169 e. The molecule has 1 aliphatic carbocycles. The molecule has 1 saturated carbocycles. The van der Waals surface area contributed by atoms with E-state index in [9.17, 15) is 4.79 Å². The Bertz CT molecular complexity index is 378. The molecular formula is C11H11BrO3. The minimum atomic E-state index is -0.399. The van der Waals surface area contributed by atoms with Crippen molar-refractivity contribution in [2.45, 2.75) is 18.6 Å². The van der Waals surface area contributed by atoms with Crippen LogP contribution in [0.1, 0.15) is 6.42 Å². The van der Waals surface area contributed by atoms with E-state index in [2.05, 4.69) is 15.9 Å². The van der Waals surface area contributed by atoms with E-state index >= 15 is 0 Å². The summed E-state index contributed by atoms with van der Waals surface area (Å²) in [5.74, 6) is 0.862. The van der Waals surface area contributed by atoms with Crippen LogP contribution in [-0.4, -0.2) is 25.1 Å². The summed E-state index contributed by atoms with van der Waals surface area (Å²) in [7, 11) is 1.53. The van der Waals surface area contributed by atoms with Crippen molar-refractivity contribution >= 4 is 21.7 Å². The molecule has 15 heavy (non-hydrogen) atoms. The molecule has 0 heterocycles. The third-order valence-electron chi connectivity index (χ3n) is 2.39. The molecule has 0 N–H and O–H groups in total. The number of carbonyl (C=O) groups excluding carboxylic acids is 1. The smallest absolute Gasteiger partial charge is 0.169 e. The van der Waals surface area contributed by atoms with Crippen LogP contribution in [-0.2, 0) is 9.53 Å². The molecule has 1 aliphatic rings. The lowest BCUT2D eigenvalue weighted by atomic mass is 9.90. The predicted octanol–water partition coefficient (Wildman–Crippen LogP) is 2.18. The molecule has 0 radical (unpaired) electrons. The van der Waals surface area contributed by atoms with E-state index in [-0.39, 0.29) is 11.9 Å². The highest BCUT2D eigenvalue weighted by molar-refractivity contribution is 9.10. The van der Waals surface area contributed by atoms with Crippen LogP contribution in [0.2, 0.25) is 0 Å². The average molecular weight is 271 g/mol. The third-order valence-corrected chi connectivity index (χ3v) is 2.89. The second-order valence-electron chi connectivity index (χ2n) is 3.44. The van der Waals surface area contributed by atoms with Gasteiger partial charge in [-0.15, -0.1) is 0 Å². The van der Waals surface area contributed by atoms with Crippen molar-refractivity contribution in [3.63, 3.8) is 0 Å². The lowest BCUT2D eigenvalue weighted by Crippen LogP contribution is -2.51. The molecule has 4 heteroatoms. The van der Waals surface area contributed by atoms with E-state index in [1.165, 1.54) is 7.11 Å². The van der Waals surface area contributed by atoms with Gasteiger partial charge in [-0.3, -0.25) is 4.79 Å². The van der Waals surface area contributed by atoms with Gasteiger partial charge in [0.2, 0.25) is 0 Å². The van der Waals surface area contributed by atoms with E-state index in [4.69, 9.17) is 9.47 Å². The van der Waals surface area contributed by atoms with Crippen LogP contribution < -0.4 is 4.74 Å². The van der Waals surface area contributed by atoms with Gasteiger partial charge < -0.3 is 9.47 Å². The number of hydrogen-bond acceptors (Lipinski definition) is 3. The van der Waals surface area contributed by atoms with E-state index in [0.717, 1.165) is 10.2 Å². The van der Waals surface area contributed by atoms with Crippen LogP contribution in [0.25, 0.3) is 0 Å². The highest BCUT2D eigenvalue weighted by atomic mass is 79.9. The molecule has 0 bridgehead atoms. The van der Waals surface area contributed by atoms with E-state index in [0.29, 0.717) is 6.42 Å². The van der Waals surface area contributed by atoms with Crippen LogP contribution in [0, 0.1) is 0 Å². The molecular weight excluding hydrogens is 260 g/mol. The van der Waals surface area contributed by atoms with Gasteiger partial charge in [0.1, 0.15) is 11.9 Å². The highest BCUT2D eigenvalue weighted by Crippen LogP contribution is 2.26. The Balaban J connectivity index is 2.01. The van der Waals surface area contributed by atoms with E-state index in [1.807, 2.05) is 24.3 Å². The van der Waals surface area contributed by atoms with Crippen molar-refractivity contribution in [2.24, 2.45) is 0 Å². The molecule has 2 unspecified atom stereocenters. The van der Waals surface area contributed by atoms with E-state index < -0.39 is 6.10 Å². The summed E-state index contributed by atoms with van der Waals surface area (Å²) in [6.07, 6.45) is -0.105. The first kappa shape index (κ1) is 10.6. The number of ketones is 1. The standard InChI is InChI=1S/C11H11BrO3/c1-14-11-9(13)6-10(11)15-8-4-2-3-7(12)5-8/h2-5,10-11H,6H2,1H3. The van der Waals surface area contributed by atoms with Crippen molar-refractivity contribution in [1.29, 1.82) is 0 Å². The summed E-state index contributed by atoms with van der Waals surface area (Å²) in [6.45, 7) is 0. The first-order valence-electron chi connectivity index (χ1n) is 4.68. The normalized spacial score (nSPS) is 24.8. The number of benzene rings is 1. The number of rotatable bonds is 3. The molecule has 2 rings (SSSR count). The fraction of sp³-hybridized carbons (Fsp3) is 0.364. The first-order valence-corrected chi connectivity index (χ1v) is 5.48. The second-order valence-corrected chi connectivity index (χ2v) is 4.36. The molecule has 80 valence electrons. The zero-order valence-electron chi connectivity index (χ0n) is 8.27. The van der Waals surface area contributed by atoms with Gasteiger partial charge >= 0.3 is 0 Å². The lowest BCUT2D eigenvalue weighted by molar-refractivity contribution is -0.150. The molecule has 2 atom stereocenters. The Hall–Kier alpha value is -0.870. The van der Waals surface area contributed by atoms with Crippen LogP contribution in [0.4, 0.5) is 0 Å². The van der Waals surface area contributed by atoms with Gasteiger partial charge in [0, 0.05) is 18.0 Å². The maximum absolute atomic E-state index is 11.1. The van der Waals surface area contributed by atoms with Crippen LogP contribution in [0.15, 0.2) is 28.7 Å². The van der Waals surface area contributed by atoms with Gasteiger partial charge in [-0.1, -0.05) is 22.0 Å². The molecule has 0 aromatic heterocycles. The Morgan fingerprint density at radius 1 is 1.47 bits per heavy atom. The van der Waals surface area contributed by atoms with Crippen LogP contribution >= 0.6 is 15.9 Å². The predicted molar refractivity (Wildman–Crippen MR) is 59.0 cm³/mol. The quantitative estimate of drug-likeness (QED) is 0.845. The van der Waals surface area contributed by atoms with Gasteiger partial charge in [0.15, 0.2) is 11.9 Å². The fourth-order valence-corrected chi connectivity index (χ4v) is 1.95. The Kier molecular flexibility index (Phi) is 3.07. The van der Waals surface area contributed by atoms with E-state index in [1.54, 1.807) is 0 Å². The third kappa shape index (κ3) is 2.21. The molecule has 0 spiro atoms. The zero-order valence-corrected chi connectivity index (χ0v) is 9.86. The first-order chi connectivity index (χ1) is 7.20. The van der Waals surface area contributed by atoms with Crippen LogP contribution in [0.3, 0.4) is 0 Å². The van der Waals surface area contributed by atoms with Crippen molar-refractivity contribution in [1.82, 2.24) is 0 Å². The molecule has 0 aliphatic heterocycles. The lowest BCUT2D eigenvalue weighted by Gasteiger charge is -2.33. The monoisotopic (exact) mass is 270 g/mol. The van der Waals surface area contributed by atoms with Crippen LogP contribution in [0.5, 0.6) is 5.75 Å². The summed E-state index contributed by atoms with van der Waals surface area (Å²) in [4.78, 5) is 11.1. The van der Waals surface area contributed by atoms with Crippen molar-refractivity contribution in [2.75, 3.05) is 7.11 Å². The second kappa shape index (κ2) is 4.33. The number of carbonyl (C=O) groups is 1. The largest absolute Gasteiger partial charge is 0.487 e. The summed E-state index contributed by atoms with van der Waals surface area (Å²) >= 11 is 3.36. The minimum Gasteiger partial charge on any atom is -0.487 e. The number of halogens is 1. The maximum atomic E-state index is 11.1. The van der Waals surface area contributed by atoms with Gasteiger partial charge in [-0.05, 0) is 18.2 Å². The van der Waals surface area contributed by atoms with Gasteiger partial charge in [0.25, 0.3) is 0 Å². The Labute approximate surface area is 96.5 Å². The average Bonchev–Trinajstić information content (AvgIpc) is 2.17. The molecule has 1 aromatic rings. The topological polar surface area (TPSA) is 35.5 Å². The Morgan fingerprint density at radius 3 is 2.87 bits per heavy atom. The number of hydrogen-bond donors (Lipinski definition) is 0. The molecule has 1 aromatic carbocycles. The van der Waals surface area contributed by atoms with Gasteiger partial charge in [-0.2, -0.15) is 0 Å². The molecule has 3 nitrogen and oxygen atoms in total.